The molecule has 0 aromatic heterocycles. The van der Waals surface area contributed by atoms with Crippen molar-refractivity contribution in [2.75, 3.05) is 26.9 Å². The Bertz CT molecular complexity index is 226. The van der Waals surface area contributed by atoms with Gasteiger partial charge in [0.2, 0.25) is 5.91 Å². The van der Waals surface area contributed by atoms with E-state index in [0.29, 0.717) is 13.2 Å². The van der Waals surface area contributed by atoms with Crippen LogP contribution in [0.2, 0.25) is 0 Å². The molecule has 1 aliphatic rings. The number of carbonyl (C=O) groups is 1. The van der Waals surface area contributed by atoms with Crippen molar-refractivity contribution in [3.8, 4) is 0 Å². The third-order valence-electron chi connectivity index (χ3n) is 3.50. The lowest BCUT2D eigenvalue weighted by molar-refractivity contribution is -0.137. The second-order valence-corrected chi connectivity index (χ2v) is 4.87. The number of nitrogens with one attached hydrogen (secondary N) is 1. The third kappa shape index (κ3) is 3.19. The van der Waals surface area contributed by atoms with Crippen LogP contribution in [0.1, 0.15) is 32.6 Å². The first kappa shape index (κ1) is 13.5. The van der Waals surface area contributed by atoms with Crippen LogP contribution in [0.5, 0.6) is 0 Å². The van der Waals surface area contributed by atoms with Crippen LogP contribution >= 0.6 is 0 Å². The van der Waals surface area contributed by atoms with E-state index in [1.54, 1.807) is 7.11 Å². The summed E-state index contributed by atoms with van der Waals surface area (Å²) < 4.78 is 5.05. The topological polar surface area (TPSA) is 58.6 Å². The summed E-state index contributed by atoms with van der Waals surface area (Å²) >= 11 is 0. The summed E-state index contributed by atoms with van der Waals surface area (Å²) in [6, 6.07) is 0. The molecule has 0 spiro atoms. The molecule has 94 valence electrons. The van der Waals surface area contributed by atoms with Crippen molar-refractivity contribution in [1.29, 1.82) is 0 Å². The normalized spacial score (nSPS) is 19.9. The van der Waals surface area contributed by atoms with Gasteiger partial charge in [-0.25, -0.2) is 0 Å². The van der Waals surface area contributed by atoms with Crippen LogP contribution in [-0.4, -0.2) is 37.9 Å². The van der Waals surface area contributed by atoms with E-state index in [-0.39, 0.29) is 23.8 Å². The predicted molar refractivity (Wildman–Crippen MR) is 62.0 cm³/mol. The van der Waals surface area contributed by atoms with Crippen LogP contribution in [0.15, 0.2) is 0 Å². The van der Waals surface area contributed by atoms with E-state index in [2.05, 4.69) is 5.32 Å². The zero-order chi connectivity index (χ0) is 12.0. The Balaban J connectivity index is 2.37. The summed E-state index contributed by atoms with van der Waals surface area (Å²) in [5.41, 5.74) is -0.189. The Labute approximate surface area is 97.4 Å². The predicted octanol–water partition coefficient (Wildman–Crippen LogP) is 0.938. The second kappa shape index (κ2) is 6.21. The minimum absolute atomic E-state index is 0.116. The zero-order valence-electron chi connectivity index (χ0n) is 10.3. The van der Waals surface area contributed by atoms with Crippen LogP contribution < -0.4 is 5.32 Å². The highest BCUT2D eigenvalue weighted by molar-refractivity contribution is 5.83. The molecule has 0 aliphatic heterocycles. The lowest BCUT2D eigenvalue weighted by Gasteiger charge is -2.40. The van der Waals surface area contributed by atoms with Crippen LogP contribution in [0.25, 0.3) is 0 Å². The molecule has 4 nitrogen and oxygen atoms in total. The first-order valence-corrected chi connectivity index (χ1v) is 6.03. The van der Waals surface area contributed by atoms with Crippen molar-refractivity contribution in [1.82, 2.24) is 5.32 Å². The highest BCUT2D eigenvalue weighted by Crippen LogP contribution is 2.44. The SMILES string of the molecule is COCCC1(C(=O)NCC(C)CO)CCC1. The van der Waals surface area contributed by atoms with E-state index in [4.69, 9.17) is 9.84 Å². The van der Waals surface area contributed by atoms with Gasteiger partial charge in [-0.15, -0.1) is 0 Å². The van der Waals surface area contributed by atoms with E-state index in [0.717, 1.165) is 25.7 Å². The molecule has 4 heteroatoms. The number of methoxy groups -OCH3 is 1. The maximum atomic E-state index is 12.0. The number of aliphatic hydroxyl groups is 1. The van der Waals surface area contributed by atoms with E-state index >= 15 is 0 Å². The van der Waals surface area contributed by atoms with Crippen molar-refractivity contribution < 1.29 is 14.6 Å². The van der Waals surface area contributed by atoms with Gasteiger partial charge in [0, 0.05) is 26.9 Å². The highest BCUT2D eigenvalue weighted by atomic mass is 16.5. The summed E-state index contributed by atoms with van der Waals surface area (Å²) in [6.07, 6.45) is 3.88. The van der Waals surface area contributed by atoms with Crippen molar-refractivity contribution in [2.24, 2.45) is 11.3 Å². The third-order valence-corrected chi connectivity index (χ3v) is 3.50. The molecule has 1 saturated carbocycles. The van der Waals surface area contributed by atoms with Crippen molar-refractivity contribution in [3.63, 3.8) is 0 Å². The van der Waals surface area contributed by atoms with Gasteiger partial charge in [-0.2, -0.15) is 0 Å². The molecule has 1 amide bonds. The Morgan fingerprint density at radius 1 is 1.56 bits per heavy atom. The molecule has 1 unspecified atom stereocenters. The fourth-order valence-corrected chi connectivity index (χ4v) is 2.01. The van der Waals surface area contributed by atoms with Crippen molar-refractivity contribution in [3.05, 3.63) is 0 Å². The molecule has 0 radical (unpaired) electrons. The lowest BCUT2D eigenvalue weighted by Crippen LogP contribution is -2.47. The monoisotopic (exact) mass is 229 g/mol. The number of rotatable bonds is 7. The summed E-state index contributed by atoms with van der Waals surface area (Å²) in [5.74, 6) is 0.264. The second-order valence-electron chi connectivity index (χ2n) is 4.87. The number of aliphatic hydroxyl groups excluding tert-OH is 1. The molecular formula is C12H23NO3. The molecule has 1 aliphatic carbocycles. The highest BCUT2D eigenvalue weighted by Gasteiger charge is 2.43. The van der Waals surface area contributed by atoms with Gasteiger partial charge < -0.3 is 15.2 Å². The Morgan fingerprint density at radius 3 is 2.69 bits per heavy atom. The van der Waals surface area contributed by atoms with Crippen LogP contribution in [0.3, 0.4) is 0 Å². The molecule has 0 saturated heterocycles. The molecule has 0 heterocycles. The van der Waals surface area contributed by atoms with Crippen molar-refractivity contribution in [2.45, 2.75) is 32.6 Å². The number of carbonyl (C=O) groups excluding carboxylic acids is 1. The largest absolute Gasteiger partial charge is 0.396 e. The lowest BCUT2D eigenvalue weighted by atomic mass is 9.66. The molecule has 0 aromatic rings. The fourth-order valence-electron chi connectivity index (χ4n) is 2.01. The van der Waals surface area contributed by atoms with Crippen LogP contribution in [-0.2, 0) is 9.53 Å². The average molecular weight is 229 g/mol. The molecule has 0 aromatic carbocycles. The minimum atomic E-state index is -0.189. The van der Waals surface area contributed by atoms with Gasteiger partial charge in [0.15, 0.2) is 0 Å². The summed E-state index contributed by atoms with van der Waals surface area (Å²) in [7, 11) is 1.66. The van der Waals surface area contributed by atoms with Gasteiger partial charge in [0.1, 0.15) is 0 Å². The van der Waals surface area contributed by atoms with Gasteiger partial charge in [0.05, 0.1) is 5.41 Å². The quantitative estimate of drug-likeness (QED) is 0.683. The Kier molecular flexibility index (Phi) is 5.22. The first-order valence-electron chi connectivity index (χ1n) is 6.03. The van der Waals surface area contributed by atoms with Gasteiger partial charge in [-0.05, 0) is 25.2 Å². The molecule has 1 rings (SSSR count). The molecule has 16 heavy (non-hydrogen) atoms. The standard InChI is InChI=1S/C12H23NO3/c1-10(9-14)8-13-11(15)12(4-3-5-12)6-7-16-2/h10,14H,3-9H2,1-2H3,(H,13,15). The number of amides is 1. The van der Waals surface area contributed by atoms with Gasteiger partial charge in [0.25, 0.3) is 0 Å². The molecule has 2 N–H and O–H groups in total. The molecule has 0 bridgehead atoms. The molecule has 1 fully saturated rings. The van der Waals surface area contributed by atoms with Gasteiger partial charge in [-0.1, -0.05) is 13.3 Å². The van der Waals surface area contributed by atoms with Crippen LogP contribution in [0, 0.1) is 11.3 Å². The summed E-state index contributed by atoms with van der Waals surface area (Å²) in [5, 5.41) is 11.8. The van der Waals surface area contributed by atoms with E-state index in [1.165, 1.54) is 0 Å². The first-order chi connectivity index (χ1) is 7.64. The maximum Gasteiger partial charge on any atom is 0.226 e. The van der Waals surface area contributed by atoms with Gasteiger partial charge in [-0.3, -0.25) is 4.79 Å². The van der Waals surface area contributed by atoms with Gasteiger partial charge >= 0.3 is 0 Å². The van der Waals surface area contributed by atoms with Crippen LogP contribution in [0.4, 0.5) is 0 Å². The number of ether oxygens (including phenoxy) is 1. The summed E-state index contributed by atoms with van der Waals surface area (Å²) in [6.45, 7) is 3.24. The number of hydrogen-bond acceptors (Lipinski definition) is 3. The zero-order valence-corrected chi connectivity index (χ0v) is 10.3. The average Bonchev–Trinajstić information content (AvgIpc) is 2.24. The smallest absolute Gasteiger partial charge is 0.226 e. The molecule has 1 atom stereocenters. The van der Waals surface area contributed by atoms with E-state index in [9.17, 15) is 4.79 Å². The van der Waals surface area contributed by atoms with E-state index in [1.807, 2.05) is 6.92 Å². The fraction of sp³-hybridized carbons (Fsp3) is 0.917. The van der Waals surface area contributed by atoms with E-state index < -0.39 is 0 Å². The molecular weight excluding hydrogens is 206 g/mol. The Hall–Kier alpha value is -0.610. The minimum Gasteiger partial charge on any atom is -0.396 e. The van der Waals surface area contributed by atoms with Crippen molar-refractivity contribution >= 4 is 5.91 Å². The number of hydrogen-bond donors (Lipinski definition) is 2. The Morgan fingerprint density at radius 2 is 2.25 bits per heavy atom. The summed E-state index contributed by atoms with van der Waals surface area (Å²) in [4.78, 5) is 12.0. The maximum absolute atomic E-state index is 12.0.